The number of nitrogens with zero attached hydrogens (tertiary/aromatic N) is 2. The van der Waals surface area contributed by atoms with Crippen LogP contribution in [0.25, 0.3) is 0 Å². The molecule has 4 rings (SSSR count). The first-order valence-electron chi connectivity index (χ1n) is 10.1. The molecule has 2 fully saturated rings. The molecule has 2 aromatic carbocycles. The van der Waals surface area contributed by atoms with Crippen LogP contribution in [0.15, 0.2) is 54.6 Å². The van der Waals surface area contributed by atoms with Crippen molar-refractivity contribution in [2.45, 2.75) is 25.4 Å². The van der Waals surface area contributed by atoms with E-state index in [1.165, 1.54) is 12.1 Å². The Morgan fingerprint density at radius 3 is 2.24 bits per heavy atom. The Morgan fingerprint density at radius 1 is 0.966 bits per heavy atom. The summed E-state index contributed by atoms with van der Waals surface area (Å²) in [6.45, 7) is 3.86. The number of halogens is 1. The Morgan fingerprint density at radius 2 is 1.59 bits per heavy atom. The number of hydrogen-bond acceptors (Lipinski definition) is 3. The molecule has 152 valence electrons. The second kappa shape index (κ2) is 8.23. The van der Waals surface area contributed by atoms with Crippen molar-refractivity contribution in [1.82, 2.24) is 9.80 Å². The summed E-state index contributed by atoms with van der Waals surface area (Å²) in [5.41, 5.74) is 1.02. The van der Waals surface area contributed by atoms with Crippen molar-refractivity contribution in [3.8, 4) is 5.75 Å². The standard InChI is InChI=1S/C23H25FN2O3/c1-16(29-19-5-3-2-4-6-19)22(27)25-11-13-26(14-12-25)23(28)21-15-20(21)17-7-9-18(24)10-8-17/h2-10,16,20-21H,11-15H2,1H3. The first-order valence-corrected chi connectivity index (χ1v) is 10.1. The molecule has 1 aliphatic heterocycles. The van der Waals surface area contributed by atoms with Gasteiger partial charge in [0.1, 0.15) is 11.6 Å². The molecule has 0 radical (unpaired) electrons. The van der Waals surface area contributed by atoms with Crippen LogP contribution in [0.2, 0.25) is 0 Å². The highest BCUT2D eigenvalue weighted by Gasteiger charge is 2.46. The molecule has 0 bridgehead atoms. The van der Waals surface area contributed by atoms with Crippen LogP contribution in [0.4, 0.5) is 4.39 Å². The zero-order chi connectivity index (χ0) is 20.4. The fourth-order valence-electron chi connectivity index (χ4n) is 3.94. The fraction of sp³-hybridized carbons (Fsp3) is 0.391. The molecule has 0 aromatic heterocycles. The van der Waals surface area contributed by atoms with Gasteiger partial charge in [-0.25, -0.2) is 4.39 Å². The lowest BCUT2D eigenvalue weighted by atomic mass is 10.1. The monoisotopic (exact) mass is 396 g/mol. The van der Waals surface area contributed by atoms with E-state index >= 15 is 0 Å². The largest absolute Gasteiger partial charge is 0.481 e. The summed E-state index contributed by atoms with van der Waals surface area (Å²) in [5, 5.41) is 0. The lowest BCUT2D eigenvalue weighted by Gasteiger charge is -2.36. The molecule has 2 amide bonds. The van der Waals surface area contributed by atoms with E-state index in [1.807, 2.05) is 35.2 Å². The molecule has 5 nitrogen and oxygen atoms in total. The predicted molar refractivity (Wildman–Crippen MR) is 107 cm³/mol. The predicted octanol–water partition coefficient (Wildman–Crippen LogP) is 3.07. The van der Waals surface area contributed by atoms with Crippen LogP contribution >= 0.6 is 0 Å². The van der Waals surface area contributed by atoms with E-state index < -0.39 is 6.10 Å². The highest BCUT2D eigenvalue weighted by molar-refractivity contribution is 5.84. The zero-order valence-electron chi connectivity index (χ0n) is 16.5. The second-order valence-corrected chi connectivity index (χ2v) is 7.72. The third-order valence-electron chi connectivity index (χ3n) is 5.71. The number of benzene rings is 2. The molecule has 1 saturated carbocycles. The lowest BCUT2D eigenvalue weighted by molar-refractivity contribution is -0.144. The summed E-state index contributed by atoms with van der Waals surface area (Å²) in [5.74, 6) is 0.646. The maximum absolute atomic E-state index is 13.1. The molecule has 2 aromatic rings. The number of piperazine rings is 1. The van der Waals surface area contributed by atoms with Gasteiger partial charge < -0.3 is 14.5 Å². The van der Waals surface area contributed by atoms with Crippen LogP contribution < -0.4 is 4.74 Å². The molecule has 1 saturated heterocycles. The van der Waals surface area contributed by atoms with Gasteiger partial charge in [0.2, 0.25) is 5.91 Å². The van der Waals surface area contributed by atoms with Crippen LogP contribution in [0.1, 0.15) is 24.8 Å². The first kappa shape index (κ1) is 19.4. The quantitative estimate of drug-likeness (QED) is 0.781. The maximum Gasteiger partial charge on any atom is 0.263 e. The zero-order valence-corrected chi connectivity index (χ0v) is 16.5. The van der Waals surface area contributed by atoms with Gasteiger partial charge >= 0.3 is 0 Å². The van der Waals surface area contributed by atoms with E-state index in [9.17, 15) is 14.0 Å². The number of carbonyl (C=O) groups is 2. The van der Waals surface area contributed by atoms with Crippen molar-refractivity contribution in [3.05, 3.63) is 66.0 Å². The third-order valence-corrected chi connectivity index (χ3v) is 5.71. The van der Waals surface area contributed by atoms with Gasteiger partial charge in [-0.1, -0.05) is 30.3 Å². The topological polar surface area (TPSA) is 49.9 Å². The number of amides is 2. The van der Waals surface area contributed by atoms with Crippen LogP contribution in [-0.2, 0) is 9.59 Å². The van der Waals surface area contributed by atoms with Gasteiger partial charge in [0, 0.05) is 32.1 Å². The highest BCUT2D eigenvalue weighted by atomic mass is 19.1. The number of para-hydroxylation sites is 1. The van der Waals surface area contributed by atoms with E-state index in [0.717, 1.165) is 12.0 Å². The van der Waals surface area contributed by atoms with E-state index in [1.54, 1.807) is 24.0 Å². The van der Waals surface area contributed by atoms with Crippen molar-refractivity contribution in [3.63, 3.8) is 0 Å². The van der Waals surface area contributed by atoms with Crippen molar-refractivity contribution in [2.75, 3.05) is 26.2 Å². The summed E-state index contributed by atoms with van der Waals surface area (Å²) >= 11 is 0. The average Bonchev–Trinajstić information content (AvgIpc) is 3.55. The van der Waals surface area contributed by atoms with Gasteiger partial charge in [-0.3, -0.25) is 9.59 Å². The molecule has 3 unspecified atom stereocenters. The molecule has 0 N–H and O–H groups in total. The molecule has 6 heteroatoms. The smallest absolute Gasteiger partial charge is 0.263 e. The Bertz CT molecular complexity index is 863. The summed E-state index contributed by atoms with van der Waals surface area (Å²) in [6.07, 6.45) is 0.247. The summed E-state index contributed by atoms with van der Waals surface area (Å²) < 4.78 is 18.8. The molecule has 1 heterocycles. The summed E-state index contributed by atoms with van der Waals surface area (Å²) in [6, 6.07) is 15.7. The number of rotatable bonds is 5. The highest BCUT2D eigenvalue weighted by Crippen LogP contribution is 2.48. The summed E-state index contributed by atoms with van der Waals surface area (Å²) in [4.78, 5) is 29.1. The van der Waals surface area contributed by atoms with Crippen LogP contribution in [0.3, 0.4) is 0 Å². The van der Waals surface area contributed by atoms with E-state index in [2.05, 4.69) is 0 Å². The maximum atomic E-state index is 13.1. The van der Waals surface area contributed by atoms with Crippen molar-refractivity contribution < 1.29 is 18.7 Å². The molecule has 1 aliphatic carbocycles. The van der Waals surface area contributed by atoms with E-state index in [0.29, 0.717) is 31.9 Å². The number of hydrogen-bond donors (Lipinski definition) is 0. The van der Waals surface area contributed by atoms with Crippen molar-refractivity contribution >= 4 is 11.8 Å². The van der Waals surface area contributed by atoms with Gasteiger partial charge in [-0.2, -0.15) is 0 Å². The molecule has 29 heavy (non-hydrogen) atoms. The van der Waals surface area contributed by atoms with Crippen molar-refractivity contribution in [2.24, 2.45) is 5.92 Å². The fourth-order valence-corrected chi connectivity index (χ4v) is 3.94. The Balaban J connectivity index is 1.26. The molecule has 3 atom stereocenters. The van der Waals surface area contributed by atoms with Crippen LogP contribution in [0.5, 0.6) is 5.75 Å². The van der Waals surface area contributed by atoms with Gasteiger partial charge in [0.25, 0.3) is 5.91 Å². The first-order chi connectivity index (χ1) is 14.0. The molecule has 2 aliphatic rings. The SMILES string of the molecule is CC(Oc1ccccc1)C(=O)N1CCN(C(=O)C2CC2c2ccc(F)cc2)CC1. The molecule has 0 spiro atoms. The van der Waals surface area contributed by atoms with E-state index in [4.69, 9.17) is 4.74 Å². The summed E-state index contributed by atoms with van der Waals surface area (Å²) in [7, 11) is 0. The number of carbonyl (C=O) groups excluding carboxylic acids is 2. The van der Waals surface area contributed by atoms with Crippen molar-refractivity contribution in [1.29, 1.82) is 0 Å². The van der Waals surface area contributed by atoms with Crippen LogP contribution in [-0.4, -0.2) is 53.9 Å². The Kier molecular flexibility index (Phi) is 5.51. The van der Waals surface area contributed by atoms with Gasteiger partial charge in [-0.05, 0) is 49.1 Å². The molecular formula is C23H25FN2O3. The average molecular weight is 396 g/mol. The molecular weight excluding hydrogens is 371 g/mol. The minimum absolute atomic E-state index is 0.0250. The Labute approximate surface area is 170 Å². The minimum atomic E-state index is -0.564. The van der Waals surface area contributed by atoms with Gasteiger partial charge in [0.05, 0.1) is 0 Å². The third kappa shape index (κ3) is 4.42. The van der Waals surface area contributed by atoms with Gasteiger partial charge in [-0.15, -0.1) is 0 Å². The number of ether oxygens (including phenoxy) is 1. The second-order valence-electron chi connectivity index (χ2n) is 7.72. The minimum Gasteiger partial charge on any atom is -0.481 e. The van der Waals surface area contributed by atoms with Gasteiger partial charge in [0.15, 0.2) is 6.10 Å². The Hall–Kier alpha value is -2.89. The van der Waals surface area contributed by atoms with Crippen LogP contribution in [0, 0.1) is 11.7 Å². The normalized spacial score (nSPS) is 22.1. The lowest BCUT2D eigenvalue weighted by Crippen LogP contribution is -2.53. The van der Waals surface area contributed by atoms with E-state index in [-0.39, 0.29) is 29.5 Å².